The maximum absolute atomic E-state index is 13.1. The number of carboxylic acid groups (broad SMARTS) is 1. The van der Waals surface area contributed by atoms with E-state index in [0.29, 0.717) is 16.1 Å². The van der Waals surface area contributed by atoms with Crippen LogP contribution < -0.4 is 5.32 Å². The fraction of sp³-hybridized carbons (Fsp3) is 0.120. The van der Waals surface area contributed by atoms with Gasteiger partial charge in [-0.25, -0.2) is 9.59 Å². The monoisotopic (exact) mass is 477 g/mol. The van der Waals surface area contributed by atoms with E-state index in [-0.39, 0.29) is 17.7 Å². The third kappa shape index (κ3) is 4.23. The number of halogens is 1. The molecule has 3 aromatic rings. The maximum atomic E-state index is 13.1. The van der Waals surface area contributed by atoms with E-state index in [4.69, 9.17) is 16.7 Å². The summed E-state index contributed by atoms with van der Waals surface area (Å²) in [7, 11) is 0. The summed E-state index contributed by atoms with van der Waals surface area (Å²) in [6.07, 6.45) is 1.45. The molecule has 1 fully saturated rings. The van der Waals surface area contributed by atoms with Crippen molar-refractivity contribution in [2.24, 2.45) is 0 Å². The van der Waals surface area contributed by atoms with Crippen LogP contribution in [0.3, 0.4) is 0 Å². The van der Waals surface area contributed by atoms with Crippen LogP contribution in [-0.2, 0) is 16.1 Å². The lowest BCUT2D eigenvalue weighted by molar-refractivity contribution is -0.130. The second-order valence-electron chi connectivity index (χ2n) is 7.81. The van der Waals surface area contributed by atoms with Crippen LogP contribution in [0.4, 0.5) is 4.79 Å². The fourth-order valence-corrected chi connectivity index (χ4v) is 4.07. The van der Waals surface area contributed by atoms with Gasteiger partial charge < -0.3 is 9.67 Å². The van der Waals surface area contributed by atoms with E-state index >= 15 is 0 Å². The minimum absolute atomic E-state index is 0.0795. The lowest BCUT2D eigenvalue weighted by atomic mass is 10.1. The molecule has 2 N–H and O–H groups in total. The van der Waals surface area contributed by atoms with E-state index in [9.17, 15) is 19.2 Å². The summed E-state index contributed by atoms with van der Waals surface area (Å²) in [5.41, 5.74) is 3.48. The molecule has 1 aliphatic rings. The van der Waals surface area contributed by atoms with Crippen molar-refractivity contribution < 1.29 is 24.3 Å². The van der Waals surface area contributed by atoms with Crippen molar-refractivity contribution in [1.82, 2.24) is 14.8 Å². The first-order valence-corrected chi connectivity index (χ1v) is 10.7. The summed E-state index contributed by atoms with van der Waals surface area (Å²) < 4.78 is 1.88. The lowest BCUT2D eigenvalue weighted by Crippen LogP contribution is -2.53. The second kappa shape index (κ2) is 8.99. The molecule has 34 heavy (non-hydrogen) atoms. The number of carboxylic acids is 1. The summed E-state index contributed by atoms with van der Waals surface area (Å²) in [6, 6.07) is 14.2. The largest absolute Gasteiger partial charge is 0.478 e. The van der Waals surface area contributed by atoms with Crippen LogP contribution in [0.15, 0.2) is 60.2 Å². The van der Waals surface area contributed by atoms with Gasteiger partial charge in [0.25, 0.3) is 11.8 Å². The van der Waals surface area contributed by atoms with Crippen LogP contribution in [-0.4, -0.2) is 38.4 Å². The maximum Gasteiger partial charge on any atom is 0.335 e. The van der Waals surface area contributed by atoms with Crippen molar-refractivity contribution in [3.8, 4) is 5.69 Å². The molecule has 1 aliphatic heterocycles. The number of hydrogen-bond donors (Lipinski definition) is 2. The van der Waals surface area contributed by atoms with Gasteiger partial charge >= 0.3 is 12.0 Å². The Morgan fingerprint density at radius 1 is 1.06 bits per heavy atom. The minimum atomic E-state index is -1.02. The van der Waals surface area contributed by atoms with Gasteiger partial charge in [-0.2, -0.15) is 0 Å². The van der Waals surface area contributed by atoms with Crippen molar-refractivity contribution in [2.45, 2.75) is 20.4 Å². The molecule has 1 saturated heterocycles. The van der Waals surface area contributed by atoms with Gasteiger partial charge in [0, 0.05) is 22.1 Å². The molecule has 2 heterocycles. The molecular formula is C25H20ClN3O5. The molecule has 4 rings (SSSR count). The molecule has 0 unspecified atom stereocenters. The number of aromatic carboxylic acids is 1. The number of carbonyl (C=O) groups excluding carboxylic acids is 3. The van der Waals surface area contributed by atoms with E-state index in [1.54, 1.807) is 36.4 Å². The Bertz CT molecular complexity index is 1370. The predicted octanol–water partition coefficient (Wildman–Crippen LogP) is 4.11. The zero-order chi connectivity index (χ0) is 24.6. The molecule has 0 aliphatic carbocycles. The summed E-state index contributed by atoms with van der Waals surface area (Å²) in [6.45, 7) is 3.60. The number of nitrogens with one attached hydrogen (secondary N) is 1. The highest BCUT2D eigenvalue weighted by Gasteiger charge is 2.36. The predicted molar refractivity (Wildman–Crippen MR) is 126 cm³/mol. The Morgan fingerprint density at radius 3 is 2.38 bits per heavy atom. The van der Waals surface area contributed by atoms with E-state index in [1.165, 1.54) is 18.2 Å². The Morgan fingerprint density at radius 2 is 1.74 bits per heavy atom. The zero-order valence-corrected chi connectivity index (χ0v) is 19.1. The van der Waals surface area contributed by atoms with Gasteiger partial charge in [0.2, 0.25) is 0 Å². The molecule has 0 spiro atoms. The van der Waals surface area contributed by atoms with Gasteiger partial charge in [0.15, 0.2) is 0 Å². The van der Waals surface area contributed by atoms with Crippen molar-refractivity contribution in [3.63, 3.8) is 0 Å². The van der Waals surface area contributed by atoms with E-state index in [0.717, 1.165) is 22.0 Å². The molecule has 172 valence electrons. The first-order chi connectivity index (χ1) is 16.2. The number of benzene rings is 2. The smallest absolute Gasteiger partial charge is 0.335 e. The van der Waals surface area contributed by atoms with E-state index < -0.39 is 23.8 Å². The average Bonchev–Trinajstić information content (AvgIpc) is 3.08. The Kier molecular flexibility index (Phi) is 6.08. The van der Waals surface area contributed by atoms with E-state index in [2.05, 4.69) is 5.32 Å². The van der Waals surface area contributed by atoms with Crippen molar-refractivity contribution in [2.75, 3.05) is 0 Å². The van der Waals surface area contributed by atoms with Crippen LogP contribution >= 0.6 is 11.6 Å². The number of urea groups is 1. The van der Waals surface area contributed by atoms with Gasteiger partial charge in [-0.3, -0.25) is 19.8 Å². The number of aryl methyl sites for hydroxylation is 1. The number of barbiturate groups is 1. The van der Waals surface area contributed by atoms with Gasteiger partial charge in [-0.15, -0.1) is 0 Å². The minimum Gasteiger partial charge on any atom is -0.478 e. The average molecular weight is 478 g/mol. The van der Waals surface area contributed by atoms with E-state index in [1.807, 2.05) is 24.5 Å². The molecule has 1 aromatic heterocycles. The molecule has 0 radical (unpaired) electrons. The molecule has 2 aromatic carbocycles. The molecular weight excluding hydrogens is 458 g/mol. The van der Waals surface area contributed by atoms with Crippen LogP contribution in [0.25, 0.3) is 11.8 Å². The first kappa shape index (κ1) is 23.0. The zero-order valence-electron chi connectivity index (χ0n) is 18.3. The molecule has 0 bridgehead atoms. The first-order valence-electron chi connectivity index (χ1n) is 10.3. The summed E-state index contributed by atoms with van der Waals surface area (Å²) in [4.78, 5) is 50.1. The topological polar surface area (TPSA) is 109 Å². The molecule has 8 nitrogen and oxygen atoms in total. The molecule has 4 amide bonds. The standard InChI is InChI=1S/C25H20ClN3O5/c1-14-11-18(15(2)29(14)19-9-7-16(8-10-19)24(32)33)12-20-22(30)27-25(34)28(23(20)31)13-17-5-3-4-6-21(17)26/h3-12H,13H2,1-2H3,(H,32,33)(H,27,30,34)/b20-12+. The molecule has 9 heteroatoms. The normalized spacial score (nSPS) is 15.1. The third-order valence-corrected chi connectivity index (χ3v) is 5.98. The van der Waals surface area contributed by atoms with Crippen molar-refractivity contribution in [3.05, 3.63) is 93.3 Å². The number of hydrogen-bond acceptors (Lipinski definition) is 4. The quantitative estimate of drug-likeness (QED) is 0.424. The van der Waals surface area contributed by atoms with Crippen molar-refractivity contribution >= 4 is 41.5 Å². The number of rotatable bonds is 5. The number of carbonyl (C=O) groups is 4. The van der Waals surface area contributed by atoms with Gasteiger partial charge in [0.1, 0.15) is 5.57 Å². The van der Waals surface area contributed by atoms with Gasteiger partial charge in [-0.05, 0) is 67.4 Å². The fourth-order valence-electron chi connectivity index (χ4n) is 3.87. The van der Waals surface area contributed by atoms with Crippen molar-refractivity contribution in [1.29, 1.82) is 0 Å². The highest BCUT2D eigenvalue weighted by molar-refractivity contribution is 6.32. The van der Waals surface area contributed by atoms with Crippen LogP contribution in [0.5, 0.6) is 0 Å². The second-order valence-corrected chi connectivity index (χ2v) is 8.22. The number of amides is 4. The Hall–Kier alpha value is -4.17. The Labute approximate surface area is 200 Å². The highest BCUT2D eigenvalue weighted by Crippen LogP contribution is 2.25. The summed E-state index contributed by atoms with van der Waals surface area (Å²) in [5, 5.41) is 11.7. The SMILES string of the molecule is Cc1cc(/C=C2\C(=O)NC(=O)N(Cc3ccccc3Cl)C2=O)c(C)n1-c1ccc(C(=O)O)cc1. The third-order valence-electron chi connectivity index (χ3n) is 5.61. The Balaban J connectivity index is 1.69. The van der Waals surface area contributed by atoms with Crippen LogP contribution in [0, 0.1) is 13.8 Å². The van der Waals surface area contributed by atoms with Gasteiger partial charge in [-0.1, -0.05) is 29.8 Å². The lowest BCUT2D eigenvalue weighted by Gasteiger charge is -2.26. The highest BCUT2D eigenvalue weighted by atomic mass is 35.5. The number of nitrogens with zero attached hydrogens (tertiary/aromatic N) is 2. The van der Waals surface area contributed by atoms with Crippen LogP contribution in [0.2, 0.25) is 5.02 Å². The number of aromatic nitrogens is 1. The van der Waals surface area contributed by atoms with Gasteiger partial charge in [0.05, 0.1) is 12.1 Å². The molecule has 0 atom stereocenters. The summed E-state index contributed by atoms with van der Waals surface area (Å²) in [5.74, 6) is -2.51. The number of imide groups is 2. The van der Waals surface area contributed by atoms with Crippen LogP contribution in [0.1, 0.15) is 32.9 Å². The molecule has 0 saturated carbocycles. The summed E-state index contributed by atoms with van der Waals surface area (Å²) >= 11 is 6.17.